The molecule has 2 atom stereocenters. The quantitative estimate of drug-likeness (QED) is 0.398. The third-order valence-electron chi connectivity index (χ3n) is 1.03. The van der Waals surface area contributed by atoms with Crippen LogP contribution in [0.3, 0.4) is 0 Å². The largest absolute Gasteiger partial charge is 0.481 e. The van der Waals surface area contributed by atoms with Gasteiger partial charge in [-0.25, -0.2) is 0 Å². The van der Waals surface area contributed by atoms with Crippen LogP contribution in [0.1, 0.15) is 6.42 Å². The Morgan fingerprint density at radius 2 is 1.92 bits per heavy atom. The van der Waals surface area contributed by atoms with E-state index < -0.39 is 31.5 Å². The summed E-state index contributed by atoms with van der Waals surface area (Å²) in [4.78, 5) is 29.2. The van der Waals surface area contributed by atoms with Crippen molar-refractivity contribution in [2.24, 2.45) is 11.2 Å². The van der Waals surface area contributed by atoms with Crippen molar-refractivity contribution in [3.05, 3.63) is 0 Å². The monoisotopic (exact) mass is 196 g/mol. The number of carboxylic acids is 1. The first-order valence-electron chi connectivity index (χ1n) is 2.88. The summed E-state index contributed by atoms with van der Waals surface area (Å²) in [5, 5.41) is 8.15. The summed E-state index contributed by atoms with van der Waals surface area (Å²) in [5.74, 6) is -1.33. The molecule has 7 nitrogen and oxygen atoms in total. The Kier molecular flexibility index (Phi) is 3.54. The minimum Gasteiger partial charge on any atom is -0.481 e. The number of nitrogens with two attached hydrogens (primary N) is 2. The van der Waals surface area contributed by atoms with E-state index in [1.54, 1.807) is 0 Å². The van der Waals surface area contributed by atoms with E-state index in [9.17, 15) is 14.2 Å². The van der Waals surface area contributed by atoms with Crippen LogP contribution < -0.4 is 11.2 Å². The average molecular weight is 196 g/mol. The Morgan fingerprint density at radius 3 is 2.17 bits per heavy atom. The molecule has 0 rings (SSSR count). The lowest BCUT2D eigenvalue weighted by molar-refractivity contribution is -0.138. The normalized spacial score (nSPS) is 17.9. The van der Waals surface area contributed by atoms with Gasteiger partial charge >= 0.3 is 13.5 Å². The highest BCUT2D eigenvalue weighted by Gasteiger charge is 2.30. The van der Waals surface area contributed by atoms with Gasteiger partial charge in [0.25, 0.3) is 0 Å². The van der Waals surface area contributed by atoms with Gasteiger partial charge in [-0.05, 0) is 0 Å². The maximum absolute atomic E-state index is 10.7. The molecule has 0 aromatic heterocycles. The van der Waals surface area contributed by atoms with Crippen molar-refractivity contribution in [3.8, 4) is 0 Å². The standard InChI is InChI=1S/C4H9N2O5P/c5-2(1-3(7)8)4(9)12(6,10)11/h2H,1,5H2,(H,7,8)(H3,6,10,11)/t2-/m0/s1. The fraction of sp³-hybridized carbons (Fsp3) is 0.500. The molecule has 0 amide bonds. The Hall–Kier alpha value is -0.750. The van der Waals surface area contributed by atoms with E-state index in [4.69, 9.17) is 15.7 Å². The predicted octanol–water partition coefficient (Wildman–Crippen LogP) is -1.54. The fourth-order valence-electron chi connectivity index (χ4n) is 0.513. The van der Waals surface area contributed by atoms with Gasteiger partial charge in [0, 0.05) is 0 Å². The van der Waals surface area contributed by atoms with Gasteiger partial charge in [0.15, 0.2) is 0 Å². The van der Waals surface area contributed by atoms with Crippen LogP contribution in [-0.4, -0.2) is 27.5 Å². The average Bonchev–Trinajstić information content (AvgIpc) is 1.82. The molecule has 6 N–H and O–H groups in total. The third-order valence-corrected chi connectivity index (χ3v) is 1.99. The number of carbonyl (C=O) groups is 2. The van der Waals surface area contributed by atoms with Gasteiger partial charge < -0.3 is 15.7 Å². The zero-order valence-corrected chi connectivity index (χ0v) is 6.90. The Balaban J connectivity index is 4.31. The predicted molar refractivity (Wildman–Crippen MR) is 39.2 cm³/mol. The molecular weight excluding hydrogens is 187 g/mol. The summed E-state index contributed by atoms with van der Waals surface area (Å²) in [6.07, 6.45) is -0.708. The van der Waals surface area contributed by atoms with Gasteiger partial charge in [-0.2, -0.15) is 0 Å². The summed E-state index contributed by atoms with van der Waals surface area (Å²) >= 11 is 0. The lowest BCUT2D eigenvalue weighted by atomic mass is 10.2. The molecule has 12 heavy (non-hydrogen) atoms. The van der Waals surface area contributed by atoms with E-state index in [0.29, 0.717) is 0 Å². The smallest absolute Gasteiger partial charge is 0.331 e. The number of carbonyl (C=O) groups excluding carboxylic acids is 1. The van der Waals surface area contributed by atoms with Crippen LogP contribution in [0, 0.1) is 0 Å². The topological polar surface area (TPSA) is 144 Å². The van der Waals surface area contributed by atoms with Gasteiger partial charge in [0.1, 0.15) is 0 Å². The molecule has 0 aliphatic rings. The molecule has 70 valence electrons. The second kappa shape index (κ2) is 3.77. The Morgan fingerprint density at radius 1 is 1.50 bits per heavy atom. The van der Waals surface area contributed by atoms with E-state index in [1.807, 2.05) is 0 Å². The number of aliphatic carboxylic acids is 1. The summed E-state index contributed by atoms with van der Waals surface area (Å²) in [7, 11) is -4.40. The molecule has 0 aliphatic heterocycles. The molecule has 1 unspecified atom stereocenters. The highest BCUT2D eigenvalue weighted by Crippen LogP contribution is 2.32. The van der Waals surface area contributed by atoms with Gasteiger partial charge in [-0.1, -0.05) is 0 Å². The van der Waals surface area contributed by atoms with Crippen LogP contribution in [-0.2, 0) is 14.2 Å². The molecular formula is C4H9N2O5P. The number of carboxylic acid groups (broad SMARTS) is 1. The molecule has 0 radical (unpaired) electrons. The Labute approximate surface area is 67.9 Å². The maximum atomic E-state index is 10.7. The molecule has 0 aliphatic carbocycles. The van der Waals surface area contributed by atoms with Gasteiger partial charge in [-0.15, -0.1) is 0 Å². The minimum absolute atomic E-state index is 0.708. The van der Waals surface area contributed by atoms with E-state index in [0.717, 1.165) is 0 Å². The van der Waals surface area contributed by atoms with Crippen LogP contribution in [0.4, 0.5) is 0 Å². The van der Waals surface area contributed by atoms with Crippen molar-refractivity contribution in [2.45, 2.75) is 12.5 Å². The molecule has 0 saturated heterocycles. The van der Waals surface area contributed by atoms with E-state index in [1.165, 1.54) is 0 Å². The molecule has 0 fully saturated rings. The van der Waals surface area contributed by atoms with Crippen LogP contribution in [0.5, 0.6) is 0 Å². The Bertz CT molecular complexity index is 246. The van der Waals surface area contributed by atoms with Crippen molar-refractivity contribution in [1.29, 1.82) is 0 Å². The molecule has 0 aromatic carbocycles. The molecule has 0 heterocycles. The second-order valence-corrected chi connectivity index (χ2v) is 3.85. The van der Waals surface area contributed by atoms with Crippen molar-refractivity contribution >= 4 is 19.0 Å². The zero-order valence-electron chi connectivity index (χ0n) is 6.01. The van der Waals surface area contributed by atoms with Crippen molar-refractivity contribution in [1.82, 2.24) is 0 Å². The minimum atomic E-state index is -4.40. The lowest BCUT2D eigenvalue weighted by Crippen LogP contribution is -2.34. The van der Waals surface area contributed by atoms with Gasteiger partial charge in [0.05, 0.1) is 12.5 Å². The molecule has 0 bridgehead atoms. The lowest BCUT2D eigenvalue weighted by Gasteiger charge is -2.08. The highest BCUT2D eigenvalue weighted by atomic mass is 31.2. The molecule has 0 aromatic rings. The number of hydrogen-bond donors (Lipinski definition) is 4. The van der Waals surface area contributed by atoms with E-state index in [2.05, 4.69) is 5.50 Å². The van der Waals surface area contributed by atoms with Gasteiger partial charge in [-0.3, -0.25) is 19.7 Å². The number of hydrogen-bond acceptors (Lipinski definition) is 4. The van der Waals surface area contributed by atoms with Gasteiger partial charge in [0.2, 0.25) is 5.52 Å². The number of rotatable bonds is 4. The first-order valence-corrected chi connectivity index (χ1v) is 4.61. The molecule has 0 spiro atoms. The second-order valence-electron chi connectivity index (χ2n) is 2.17. The summed E-state index contributed by atoms with van der Waals surface area (Å²) in [6, 6.07) is -1.52. The fourth-order valence-corrected chi connectivity index (χ4v) is 1.08. The molecule has 8 heteroatoms. The van der Waals surface area contributed by atoms with Crippen molar-refractivity contribution < 1.29 is 24.2 Å². The maximum Gasteiger partial charge on any atom is 0.331 e. The first-order chi connectivity index (χ1) is 5.25. The van der Waals surface area contributed by atoms with Crippen LogP contribution in [0.25, 0.3) is 0 Å². The summed E-state index contributed by atoms with van der Waals surface area (Å²) in [5.41, 5.74) is 8.18. The van der Waals surface area contributed by atoms with E-state index in [-0.39, 0.29) is 0 Å². The highest BCUT2D eigenvalue weighted by molar-refractivity contribution is 7.73. The van der Waals surface area contributed by atoms with Crippen LogP contribution in [0.2, 0.25) is 0 Å². The summed E-state index contributed by atoms with van der Waals surface area (Å²) in [6.45, 7) is 0. The molecule has 0 saturated carbocycles. The summed E-state index contributed by atoms with van der Waals surface area (Å²) < 4.78 is 10.4. The zero-order chi connectivity index (χ0) is 9.94. The van der Waals surface area contributed by atoms with Crippen LogP contribution in [0.15, 0.2) is 0 Å². The SMILES string of the molecule is N[C@@H](CC(=O)O)C(=O)P(N)(=O)O. The first kappa shape index (κ1) is 11.2. The van der Waals surface area contributed by atoms with Crippen molar-refractivity contribution in [2.75, 3.05) is 0 Å². The van der Waals surface area contributed by atoms with Crippen LogP contribution >= 0.6 is 7.52 Å². The van der Waals surface area contributed by atoms with Crippen molar-refractivity contribution in [3.63, 3.8) is 0 Å². The van der Waals surface area contributed by atoms with E-state index >= 15 is 0 Å². The third kappa shape index (κ3) is 3.59.